The van der Waals surface area contributed by atoms with Gasteiger partial charge in [0.25, 0.3) is 0 Å². The van der Waals surface area contributed by atoms with E-state index in [1.165, 1.54) is 6.08 Å². The van der Waals surface area contributed by atoms with Crippen molar-refractivity contribution in [3.8, 4) is 0 Å². The molecule has 0 aromatic heterocycles. The lowest BCUT2D eigenvalue weighted by atomic mass is 10.0. The van der Waals surface area contributed by atoms with Crippen LogP contribution in [0, 0.1) is 0 Å². The van der Waals surface area contributed by atoms with Crippen LogP contribution in [0.15, 0.2) is 30.3 Å². The molecule has 0 unspecified atom stereocenters. The fraction of sp³-hybridized carbons (Fsp3) is 0.167. The van der Waals surface area contributed by atoms with Crippen molar-refractivity contribution in [1.29, 1.82) is 0 Å². The summed E-state index contributed by atoms with van der Waals surface area (Å²) in [6.07, 6.45) is 2.88. The van der Waals surface area contributed by atoms with Gasteiger partial charge in [-0.3, -0.25) is 4.79 Å². The van der Waals surface area contributed by atoms with Crippen molar-refractivity contribution in [1.82, 2.24) is 0 Å². The molecule has 78 valence electrons. The maximum absolute atomic E-state index is 11.5. The summed E-state index contributed by atoms with van der Waals surface area (Å²) >= 11 is 0. The highest BCUT2D eigenvalue weighted by Gasteiger charge is 2.06. The minimum Gasteiger partial charge on any atom is -0.478 e. The largest absolute Gasteiger partial charge is 0.478 e. The Morgan fingerprint density at radius 2 is 2.00 bits per heavy atom. The number of hydrogen-bond acceptors (Lipinski definition) is 2. The number of carboxylic acid groups (broad SMARTS) is 1. The molecule has 0 aliphatic rings. The van der Waals surface area contributed by atoms with Gasteiger partial charge in [0.2, 0.25) is 0 Å². The van der Waals surface area contributed by atoms with Crippen molar-refractivity contribution in [2.45, 2.75) is 13.3 Å². The summed E-state index contributed by atoms with van der Waals surface area (Å²) in [5.74, 6) is -1.01. The average molecular weight is 204 g/mol. The number of Topliss-reactive ketones (excluding diaryl/α,β-unsaturated/α-hetero) is 1. The van der Waals surface area contributed by atoms with Crippen LogP contribution in [0.25, 0.3) is 6.08 Å². The molecule has 0 radical (unpaired) electrons. The normalized spacial score (nSPS) is 10.5. The van der Waals surface area contributed by atoms with Crippen molar-refractivity contribution in [3.05, 3.63) is 41.5 Å². The zero-order valence-corrected chi connectivity index (χ0v) is 8.43. The molecule has 0 heterocycles. The maximum atomic E-state index is 11.5. The molecule has 1 aromatic carbocycles. The van der Waals surface area contributed by atoms with Crippen LogP contribution in [0.1, 0.15) is 29.3 Å². The smallest absolute Gasteiger partial charge is 0.328 e. The molecule has 3 nitrogen and oxygen atoms in total. The van der Waals surface area contributed by atoms with E-state index < -0.39 is 5.97 Å². The quantitative estimate of drug-likeness (QED) is 0.605. The Morgan fingerprint density at radius 3 is 2.60 bits per heavy atom. The number of carbonyl (C=O) groups is 2. The molecule has 0 aliphatic heterocycles. The van der Waals surface area contributed by atoms with E-state index in [0.717, 1.165) is 6.08 Å². The van der Waals surface area contributed by atoms with E-state index in [9.17, 15) is 9.59 Å². The Hall–Kier alpha value is -1.90. The summed E-state index contributed by atoms with van der Waals surface area (Å²) in [7, 11) is 0. The number of carboxylic acids is 1. The molecule has 0 saturated heterocycles. The lowest BCUT2D eigenvalue weighted by molar-refractivity contribution is -0.131. The molecule has 0 saturated carbocycles. The second kappa shape index (κ2) is 5.10. The van der Waals surface area contributed by atoms with Gasteiger partial charge in [0.15, 0.2) is 5.78 Å². The highest BCUT2D eigenvalue weighted by molar-refractivity contribution is 6.00. The second-order valence-corrected chi connectivity index (χ2v) is 3.04. The Kier molecular flexibility index (Phi) is 3.80. The minimum atomic E-state index is -1.02. The van der Waals surface area contributed by atoms with Gasteiger partial charge in [-0.1, -0.05) is 31.2 Å². The van der Waals surface area contributed by atoms with E-state index in [-0.39, 0.29) is 5.78 Å². The van der Waals surface area contributed by atoms with Crippen LogP contribution in [0.3, 0.4) is 0 Å². The van der Waals surface area contributed by atoms with Crippen molar-refractivity contribution < 1.29 is 14.7 Å². The molecule has 0 atom stereocenters. The van der Waals surface area contributed by atoms with Gasteiger partial charge in [-0.25, -0.2) is 4.79 Å². The van der Waals surface area contributed by atoms with E-state index in [0.29, 0.717) is 17.5 Å². The Bertz CT molecular complexity index is 405. The van der Waals surface area contributed by atoms with Gasteiger partial charge in [0.1, 0.15) is 0 Å². The third-order valence-electron chi connectivity index (χ3n) is 1.99. The summed E-state index contributed by atoms with van der Waals surface area (Å²) in [6.45, 7) is 1.78. The van der Waals surface area contributed by atoms with E-state index in [1.807, 2.05) is 0 Å². The van der Waals surface area contributed by atoms with Crippen molar-refractivity contribution in [3.63, 3.8) is 0 Å². The van der Waals surface area contributed by atoms with Gasteiger partial charge >= 0.3 is 5.97 Å². The molecule has 0 spiro atoms. The van der Waals surface area contributed by atoms with Gasteiger partial charge in [-0.2, -0.15) is 0 Å². The van der Waals surface area contributed by atoms with E-state index in [2.05, 4.69) is 0 Å². The van der Waals surface area contributed by atoms with E-state index in [1.54, 1.807) is 31.2 Å². The fourth-order valence-corrected chi connectivity index (χ4v) is 1.25. The first-order valence-corrected chi connectivity index (χ1v) is 4.68. The topological polar surface area (TPSA) is 54.4 Å². The molecule has 1 N–H and O–H groups in total. The first kappa shape index (κ1) is 11.2. The standard InChI is InChI=1S/C12H12O3/c1-2-11(13)10-6-4-3-5-9(10)7-8-12(14)15/h3-8H,2H2,1H3,(H,14,15). The average Bonchev–Trinajstić information content (AvgIpc) is 2.25. The molecule has 0 bridgehead atoms. The molecule has 3 heteroatoms. The van der Waals surface area contributed by atoms with Crippen LogP contribution in [0.5, 0.6) is 0 Å². The molecule has 1 aromatic rings. The molecular formula is C12H12O3. The molecule has 1 rings (SSSR count). The molecular weight excluding hydrogens is 192 g/mol. The number of carbonyl (C=O) groups excluding carboxylic acids is 1. The van der Waals surface area contributed by atoms with Crippen LogP contribution in [-0.4, -0.2) is 16.9 Å². The number of hydrogen-bond donors (Lipinski definition) is 1. The van der Waals surface area contributed by atoms with Crippen molar-refractivity contribution >= 4 is 17.8 Å². The summed E-state index contributed by atoms with van der Waals surface area (Å²) in [5, 5.41) is 8.49. The van der Waals surface area contributed by atoms with Crippen molar-refractivity contribution in [2.24, 2.45) is 0 Å². The summed E-state index contributed by atoms with van der Waals surface area (Å²) in [4.78, 5) is 21.8. The van der Waals surface area contributed by atoms with Crippen LogP contribution in [0.4, 0.5) is 0 Å². The van der Waals surface area contributed by atoms with Gasteiger partial charge in [0, 0.05) is 18.1 Å². The highest BCUT2D eigenvalue weighted by atomic mass is 16.4. The highest BCUT2D eigenvalue weighted by Crippen LogP contribution is 2.12. The Labute approximate surface area is 88.0 Å². The molecule has 0 aliphatic carbocycles. The molecule has 0 fully saturated rings. The first-order chi connectivity index (χ1) is 7.15. The van der Waals surface area contributed by atoms with Crippen LogP contribution in [-0.2, 0) is 4.79 Å². The monoisotopic (exact) mass is 204 g/mol. The lowest BCUT2D eigenvalue weighted by Crippen LogP contribution is -1.99. The van der Waals surface area contributed by atoms with Crippen LogP contribution < -0.4 is 0 Å². The zero-order chi connectivity index (χ0) is 11.3. The predicted octanol–water partition coefficient (Wildman–Crippen LogP) is 2.38. The van der Waals surface area contributed by atoms with Crippen LogP contribution in [0.2, 0.25) is 0 Å². The third-order valence-corrected chi connectivity index (χ3v) is 1.99. The van der Waals surface area contributed by atoms with Gasteiger partial charge in [-0.15, -0.1) is 0 Å². The van der Waals surface area contributed by atoms with Gasteiger partial charge in [-0.05, 0) is 11.6 Å². The second-order valence-electron chi connectivity index (χ2n) is 3.04. The van der Waals surface area contributed by atoms with E-state index >= 15 is 0 Å². The SMILES string of the molecule is CCC(=O)c1ccccc1C=CC(=O)O. The Balaban J connectivity index is 3.06. The minimum absolute atomic E-state index is 0.0145. The summed E-state index contributed by atoms with van der Waals surface area (Å²) in [5.41, 5.74) is 1.21. The summed E-state index contributed by atoms with van der Waals surface area (Å²) < 4.78 is 0. The molecule has 15 heavy (non-hydrogen) atoms. The number of rotatable bonds is 4. The first-order valence-electron chi connectivity index (χ1n) is 4.68. The van der Waals surface area contributed by atoms with Crippen molar-refractivity contribution in [2.75, 3.05) is 0 Å². The fourth-order valence-electron chi connectivity index (χ4n) is 1.25. The van der Waals surface area contributed by atoms with Gasteiger partial charge in [0.05, 0.1) is 0 Å². The van der Waals surface area contributed by atoms with E-state index in [4.69, 9.17) is 5.11 Å². The lowest BCUT2D eigenvalue weighted by Gasteiger charge is -2.02. The zero-order valence-electron chi connectivity index (χ0n) is 8.43. The maximum Gasteiger partial charge on any atom is 0.328 e. The third kappa shape index (κ3) is 3.06. The number of ketones is 1. The van der Waals surface area contributed by atoms with Gasteiger partial charge < -0.3 is 5.11 Å². The summed E-state index contributed by atoms with van der Waals surface area (Å²) in [6, 6.07) is 6.96. The number of benzene rings is 1. The molecule has 0 amide bonds. The Morgan fingerprint density at radius 1 is 1.33 bits per heavy atom. The number of aliphatic carboxylic acids is 1. The van der Waals surface area contributed by atoms with Crippen LogP contribution >= 0.6 is 0 Å². The predicted molar refractivity (Wildman–Crippen MR) is 57.7 cm³/mol.